The van der Waals surface area contributed by atoms with Crippen molar-refractivity contribution in [3.8, 4) is 0 Å². The molecule has 0 radical (unpaired) electrons. The Morgan fingerprint density at radius 1 is 1.45 bits per heavy atom. The van der Waals surface area contributed by atoms with E-state index in [9.17, 15) is 20.0 Å². The molecular formula is C15H19N3O4. The van der Waals surface area contributed by atoms with E-state index < -0.39 is 11.2 Å². The van der Waals surface area contributed by atoms with Gasteiger partial charge in [-0.3, -0.25) is 14.9 Å². The highest BCUT2D eigenvalue weighted by atomic mass is 16.6. The van der Waals surface area contributed by atoms with Crippen LogP contribution in [0.3, 0.4) is 0 Å². The largest absolute Gasteiger partial charge is 0.369 e. The zero-order valence-corrected chi connectivity index (χ0v) is 12.4. The number of nitrogens with zero attached hydrogens (tertiary/aromatic N) is 3. The lowest BCUT2D eigenvalue weighted by Crippen LogP contribution is -2.44. The maximum absolute atomic E-state index is 12.7. The minimum atomic E-state index is -1.13. The molecule has 7 nitrogen and oxygen atoms in total. The van der Waals surface area contributed by atoms with Gasteiger partial charge in [-0.05, 0) is 25.3 Å². The van der Waals surface area contributed by atoms with Gasteiger partial charge in [-0.1, -0.05) is 6.92 Å². The number of nitro benzene ring substituents is 1. The molecule has 1 fully saturated rings. The van der Waals surface area contributed by atoms with Crippen LogP contribution < -0.4 is 4.90 Å². The van der Waals surface area contributed by atoms with E-state index >= 15 is 0 Å². The normalized spacial score (nSPS) is 24.0. The average Bonchev–Trinajstić information content (AvgIpc) is 2.97. The van der Waals surface area contributed by atoms with E-state index in [1.165, 1.54) is 17.0 Å². The molecule has 1 aromatic rings. The Morgan fingerprint density at radius 3 is 2.91 bits per heavy atom. The standard InChI is InChI=1S/C15H19N3O4/c1-2-7-17-14(19)11-9-10(18(21)22)5-6-12(11)16-8-3-4-13(16)15(17)20/h5-6,9,13-14,19H,2-4,7-8H2,1H3/t13-,14+/m1/s1. The van der Waals surface area contributed by atoms with Crippen LogP contribution in [0.4, 0.5) is 11.4 Å². The van der Waals surface area contributed by atoms with Gasteiger partial charge in [-0.15, -0.1) is 0 Å². The molecule has 1 N–H and O–H groups in total. The second-order valence-corrected chi connectivity index (χ2v) is 5.76. The number of amides is 1. The van der Waals surface area contributed by atoms with E-state index in [0.717, 1.165) is 31.5 Å². The summed E-state index contributed by atoms with van der Waals surface area (Å²) in [6.07, 6.45) is 1.25. The molecule has 3 rings (SSSR count). The van der Waals surface area contributed by atoms with E-state index in [0.29, 0.717) is 12.1 Å². The first kappa shape index (κ1) is 14.8. The van der Waals surface area contributed by atoms with Crippen molar-refractivity contribution in [3.05, 3.63) is 33.9 Å². The van der Waals surface area contributed by atoms with Crippen molar-refractivity contribution in [3.63, 3.8) is 0 Å². The van der Waals surface area contributed by atoms with Gasteiger partial charge in [0.15, 0.2) is 6.23 Å². The summed E-state index contributed by atoms with van der Waals surface area (Å²) in [4.78, 5) is 26.6. The van der Waals surface area contributed by atoms with E-state index in [4.69, 9.17) is 0 Å². The molecule has 2 aliphatic heterocycles. The molecule has 0 spiro atoms. The number of aliphatic hydroxyl groups excluding tert-OH is 1. The van der Waals surface area contributed by atoms with Gasteiger partial charge in [0.2, 0.25) is 5.91 Å². The summed E-state index contributed by atoms with van der Waals surface area (Å²) in [6, 6.07) is 4.19. The maximum Gasteiger partial charge on any atom is 0.270 e. The minimum absolute atomic E-state index is 0.0701. The van der Waals surface area contributed by atoms with Crippen LogP contribution in [0.2, 0.25) is 0 Å². The second-order valence-electron chi connectivity index (χ2n) is 5.76. The monoisotopic (exact) mass is 305 g/mol. The molecule has 0 saturated carbocycles. The summed E-state index contributed by atoms with van der Waals surface area (Å²) in [5.74, 6) is -0.0919. The Morgan fingerprint density at radius 2 is 2.23 bits per heavy atom. The number of benzene rings is 1. The number of hydrogen-bond donors (Lipinski definition) is 1. The fourth-order valence-electron chi connectivity index (χ4n) is 3.39. The molecule has 0 bridgehead atoms. The lowest BCUT2D eigenvalue weighted by Gasteiger charge is -2.28. The van der Waals surface area contributed by atoms with Gasteiger partial charge in [0, 0.05) is 36.5 Å². The number of carbonyl (C=O) groups is 1. The number of aliphatic hydroxyl groups is 1. The Kier molecular flexibility index (Phi) is 3.74. The van der Waals surface area contributed by atoms with Crippen molar-refractivity contribution in [1.82, 2.24) is 4.90 Å². The van der Waals surface area contributed by atoms with Gasteiger partial charge in [0.25, 0.3) is 5.69 Å². The SMILES string of the molecule is CCCN1C(=O)[C@H]2CCCN2c2ccc([N+](=O)[O-])cc2[C@@H]1O. The van der Waals surface area contributed by atoms with Gasteiger partial charge in [-0.2, -0.15) is 0 Å². The number of hydrogen-bond acceptors (Lipinski definition) is 5. The molecule has 7 heteroatoms. The first-order chi connectivity index (χ1) is 10.5. The molecule has 0 aliphatic carbocycles. The minimum Gasteiger partial charge on any atom is -0.369 e. The number of nitro groups is 1. The van der Waals surface area contributed by atoms with Crippen LogP contribution in [0.1, 0.15) is 38.0 Å². The Bertz CT molecular complexity index is 619. The van der Waals surface area contributed by atoms with Crippen LogP contribution in [0, 0.1) is 10.1 Å². The number of fused-ring (bicyclic) bond motifs is 3. The molecule has 22 heavy (non-hydrogen) atoms. The zero-order chi connectivity index (χ0) is 15.9. The van der Waals surface area contributed by atoms with Gasteiger partial charge in [-0.25, -0.2) is 0 Å². The maximum atomic E-state index is 12.7. The molecule has 1 saturated heterocycles. The summed E-state index contributed by atoms with van der Waals surface area (Å²) in [7, 11) is 0. The van der Waals surface area contributed by atoms with E-state index in [-0.39, 0.29) is 17.6 Å². The summed E-state index contributed by atoms with van der Waals surface area (Å²) in [6.45, 7) is 3.10. The van der Waals surface area contributed by atoms with E-state index in [1.54, 1.807) is 6.07 Å². The summed E-state index contributed by atoms with van der Waals surface area (Å²) in [5.41, 5.74) is 1.10. The molecule has 2 aliphatic rings. The third-order valence-electron chi connectivity index (χ3n) is 4.39. The van der Waals surface area contributed by atoms with Gasteiger partial charge >= 0.3 is 0 Å². The highest BCUT2D eigenvalue weighted by Crippen LogP contribution is 2.39. The quantitative estimate of drug-likeness (QED) is 0.679. The van der Waals surface area contributed by atoms with Crippen LogP contribution in [0.15, 0.2) is 18.2 Å². The van der Waals surface area contributed by atoms with Crippen molar-refractivity contribution >= 4 is 17.3 Å². The lowest BCUT2D eigenvalue weighted by atomic mass is 10.1. The zero-order valence-electron chi connectivity index (χ0n) is 12.4. The van der Waals surface area contributed by atoms with Crippen molar-refractivity contribution < 1.29 is 14.8 Å². The fraction of sp³-hybridized carbons (Fsp3) is 0.533. The Balaban J connectivity index is 2.13. The Labute approximate surface area is 128 Å². The topological polar surface area (TPSA) is 86.9 Å². The first-order valence-electron chi connectivity index (χ1n) is 7.58. The Hall–Kier alpha value is -2.15. The van der Waals surface area contributed by atoms with Crippen LogP contribution in [0.25, 0.3) is 0 Å². The first-order valence-corrected chi connectivity index (χ1v) is 7.58. The van der Waals surface area contributed by atoms with Crippen LogP contribution in [-0.2, 0) is 4.79 Å². The number of non-ortho nitro benzene ring substituents is 1. The van der Waals surface area contributed by atoms with Gasteiger partial charge in [0.05, 0.1) is 4.92 Å². The van der Waals surface area contributed by atoms with Crippen molar-refractivity contribution in [2.75, 3.05) is 18.0 Å². The average molecular weight is 305 g/mol. The predicted molar refractivity (Wildman–Crippen MR) is 80.4 cm³/mol. The van der Waals surface area contributed by atoms with Crippen molar-refractivity contribution in [2.45, 2.75) is 38.5 Å². The fourth-order valence-corrected chi connectivity index (χ4v) is 3.39. The number of carbonyl (C=O) groups excluding carboxylic acids is 1. The van der Waals surface area contributed by atoms with Crippen LogP contribution in [-0.4, -0.2) is 40.0 Å². The van der Waals surface area contributed by atoms with Gasteiger partial charge < -0.3 is 14.9 Å². The third kappa shape index (κ3) is 2.21. The molecular weight excluding hydrogens is 286 g/mol. The van der Waals surface area contributed by atoms with Gasteiger partial charge in [0.1, 0.15) is 6.04 Å². The molecule has 2 atom stereocenters. The van der Waals surface area contributed by atoms with E-state index in [2.05, 4.69) is 0 Å². The highest BCUT2D eigenvalue weighted by Gasteiger charge is 2.41. The molecule has 0 aromatic heterocycles. The molecule has 2 heterocycles. The highest BCUT2D eigenvalue weighted by molar-refractivity contribution is 5.88. The summed E-state index contributed by atoms with van der Waals surface area (Å²) >= 11 is 0. The van der Waals surface area contributed by atoms with Crippen molar-refractivity contribution in [2.24, 2.45) is 0 Å². The van der Waals surface area contributed by atoms with E-state index in [1.807, 2.05) is 11.8 Å². The number of rotatable bonds is 3. The summed E-state index contributed by atoms with van der Waals surface area (Å²) in [5, 5.41) is 21.6. The second kappa shape index (κ2) is 5.57. The molecule has 0 unspecified atom stereocenters. The van der Waals surface area contributed by atoms with Crippen LogP contribution >= 0.6 is 0 Å². The molecule has 118 valence electrons. The third-order valence-corrected chi connectivity index (χ3v) is 4.39. The summed E-state index contributed by atoms with van der Waals surface area (Å²) < 4.78 is 0. The lowest BCUT2D eigenvalue weighted by molar-refractivity contribution is -0.385. The number of anilines is 1. The smallest absolute Gasteiger partial charge is 0.270 e. The van der Waals surface area contributed by atoms with Crippen LogP contribution in [0.5, 0.6) is 0 Å². The predicted octanol–water partition coefficient (Wildman–Crippen LogP) is 1.81. The molecule has 1 amide bonds. The molecule has 1 aromatic carbocycles. The van der Waals surface area contributed by atoms with Crippen molar-refractivity contribution in [1.29, 1.82) is 0 Å².